The van der Waals surface area contributed by atoms with Crippen LogP contribution in [0.2, 0.25) is 0 Å². The van der Waals surface area contributed by atoms with Crippen LogP contribution in [0.1, 0.15) is 18.4 Å². The molecule has 0 aliphatic carbocycles. The zero-order chi connectivity index (χ0) is 28.0. The Hall–Kier alpha value is -5.01. The molecule has 0 atom stereocenters. The lowest BCUT2D eigenvalue weighted by atomic mass is 10.0. The van der Waals surface area contributed by atoms with Crippen molar-refractivity contribution in [1.82, 2.24) is 24.8 Å². The summed E-state index contributed by atoms with van der Waals surface area (Å²) in [5, 5.41) is 3.45. The summed E-state index contributed by atoms with van der Waals surface area (Å²) in [5.41, 5.74) is 11.1. The standard InChI is InChI=1S/C35H31N7/c1-23-38-28-9-5-6-10-33(28)42(23)27-15-17-41(18-16-27)21-24-11-13-26(14-12-24)35-34(25-7-3-2-4-8-25)39-31-19-29-30(37-22-36-29)20-32(31)40-35/h2-14,19-20,22,27,38H,1,15-18,21H2,(H,36,37). The number of likely N-dealkylation sites (tertiary alicyclic amines) is 1. The Morgan fingerprint density at radius 1 is 0.762 bits per heavy atom. The van der Waals surface area contributed by atoms with Gasteiger partial charge in [0, 0.05) is 36.8 Å². The number of nitrogens with zero attached hydrogens (tertiary/aromatic N) is 5. The smallest absolute Gasteiger partial charge is 0.103 e. The molecule has 8 rings (SSSR count). The molecule has 1 fully saturated rings. The molecule has 6 aromatic rings. The highest BCUT2D eigenvalue weighted by atomic mass is 15.3. The summed E-state index contributed by atoms with van der Waals surface area (Å²) >= 11 is 0. The number of rotatable bonds is 5. The normalized spacial score (nSPS) is 15.8. The van der Waals surface area contributed by atoms with Crippen molar-refractivity contribution in [3.63, 3.8) is 0 Å². The Balaban J connectivity index is 1.02. The maximum absolute atomic E-state index is 5.12. The van der Waals surface area contributed by atoms with Crippen molar-refractivity contribution in [3.05, 3.63) is 115 Å². The van der Waals surface area contributed by atoms with Crippen LogP contribution in [0.5, 0.6) is 0 Å². The lowest BCUT2D eigenvalue weighted by Gasteiger charge is -2.37. The van der Waals surface area contributed by atoms with E-state index in [-0.39, 0.29) is 0 Å². The Kier molecular flexibility index (Phi) is 5.96. The fourth-order valence-corrected chi connectivity index (χ4v) is 6.41. The van der Waals surface area contributed by atoms with E-state index in [9.17, 15) is 0 Å². The molecule has 0 bridgehead atoms. The van der Waals surface area contributed by atoms with Gasteiger partial charge in [-0.2, -0.15) is 0 Å². The van der Waals surface area contributed by atoms with Gasteiger partial charge in [0.25, 0.3) is 0 Å². The molecule has 2 N–H and O–H groups in total. The molecular formula is C35H31N7. The van der Waals surface area contributed by atoms with Gasteiger partial charge in [0.1, 0.15) is 5.82 Å². The molecule has 7 nitrogen and oxygen atoms in total. The summed E-state index contributed by atoms with van der Waals surface area (Å²) in [6.45, 7) is 7.35. The number of fused-ring (bicyclic) bond motifs is 3. The van der Waals surface area contributed by atoms with Crippen molar-refractivity contribution in [3.8, 4) is 22.5 Å². The zero-order valence-electron chi connectivity index (χ0n) is 23.3. The molecule has 4 aromatic carbocycles. The van der Waals surface area contributed by atoms with Gasteiger partial charge < -0.3 is 15.2 Å². The molecule has 7 heteroatoms. The van der Waals surface area contributed by atoms with Crippen LogP contribution >= 0.6 is 0 Å². The molecule has 206 valence electrons. The van der Waals surface area contributed by atoms with E-state index < -0.39 is 0 Å². The van der Waals surface area contributed by atoms with E-state index in [0.717, 1.165) is 88.6 Å². The Morgan fingerprint density at radius 2 is 1.45 bits per heavy atom. The second-order valence-corrected chi connectivity index (χ2v) is 11.2. The minimum atomic E-state index is 0.470. The topological polar surface area (TPSA) is 73.0 Å². The highest BCUT2D eigenvalue weighted by Gasteiger charge is 2.31. The highest BCUT2D eigenvalue weighted by Crippen LogP contribution is 2.39. The number of aromatic amines is 1. The largest absolute Gasteiger partial charge is 0.345 e. The number of para-hydroxylation sites is 2. The molecule has 0 amide bonds. The van der Waals surface area contributed by atoms with Crippen molar-refractivity contribution in [2.24, 2.45) is 0 Å². The van der Waals surface area contributed by atoms with Gasteiger partial charge in [0.15, 0.2) is 0 Å². The Labute approximate surface area is 244 Å². The molecule has 42 heavy (non-hydrogen) atoms. The van der Waals surface area contributed by atoms with Gasteiger partial charge in [0.2, 0.25) is 0 Å². The van der Waals surface area contributed by atoms with Gasteiger partial charge in [0.05, 0.1) is 51.2 Å². The van der Waals surface area contributed by atoms with E-state index in [4.69, 9.17) is 9.97 Å². The average molecular weight is 550 g/mol. The van der Waals surface area contributed by atoms with Crippen LogP contribution in [0.3, 0.4) is 0 Å². The number of aromatic nitrogens is 4. The minimum absolute atomic E-state index is 0.470. The van der Waals surface area contributed by atoms with E-state index in [1.165, 1.54) is 11.3 Å². The van der Waals surface area contributed by atoms with Gasteiger partial charge in [-0.1, -0.05) is 73.3 Å². The summed E-state index contributed by atoms with van der Waals surface area (Å²) < 4.78 is 0. The molecule has 2 aliphatic heterocycles. The van der Waals surface area contributed by atoms with Crippen molar-refractivity contribution in [1.29, 1.82) is 0 Å². The SMILES string of the molecule is C=C1Nc2ccccc2N1C1CCN(Cc2ccc(-c3nc4cc5nc[nH]c5cc4nc3-c3ccccc3)cc2)CC1. The highest BCUT2D eigenvalue weighted by molar-refractivity contribution is 5.94. The summed E-state index contributed by atoms with van der Waals surface area (Å²) in [6, 6.07) is 32.2. The predicted octanol–water partition coefficient (Wildman–Crippen LogP) is 7.21. The molecule has 4 heterocycles. The van der Waals surface area contributed by atoms with Crippen LogP contribution < -0.4 is 10.2 Å². The van der Waals surface area contributed by atoms with E-state index in [2.05, 4.69) is 92.3 Å². The van der Waals surface area contributed by atoms with Gasteiger partial charge in [-0.25, -0.2) is 15.0 Å². The number of piperidine rings is 1. The van der Waals surface area contributed by atoms with Gasteiger partial charge >= 0.3 is 0 Å². The molecule has 2 aliphatic rings. The Morgan fingerprint density at radius 3 is 2.24 bits per heavy atom. The number of H-pyrrole nitrogens is 1. The first kappa shape index (κ1) is 24.8. The summed E-state index contributed by atoms with van der Waals surface area (Å²) in [7, 11) is 0. The van der Waals surface area contributed by atoms with Crippen molar-refractivity contribution in [2.45, 2.75) is 25.4 Å². The monoisotopic (exact) mass is 549 g/mol. The maximum atomic E-state index is 5.12. The van der Waals surface area contributed by atoms with E-state index in [1.54, 1.807) is 6.33 Å². The van der Waals surface area contributed by atoms with Crippen LogP contribution in [0.4, 0.5) is 11.4 Å². The molecule has 0 spiro atoms. The second-order valence-electron chi connectivity index (χ2n) is 11.2. The second kappa shape index (κ2) is 10.1. The first-order valence-electron chi connectivity index (χ1n) is 14.6. The van der Waals surface area contributed by atoms with Crippen LogP contribution in [-0.4, -0.2) is 44.0 Å². The number of imidazole rings is 1. The molecule has 0 unspecified atom stereocenters. The summed E-state index contributed by atoms with van der Waals surface area (Å²) in [6.07, 6.45) is 3.94. The zero-order valence-corrected chi connectivity index (χ0v) is 23.3. The number of hydrogen-bond acceptors (Lipinski definition) is 6. The van der Waals surface area contributed by atoms with Gasteiger partial charge in [-0.05, 0) is 42.7 Å². The number of hydrogen-bond donors (Lipinski definition) is 2. The molecule has 1 saturated heterocycles. The van der Waals surface area contributed by atoms with E-state index in [0.29, 0.717) is 6.04 Å². The fourth-order valence-electron chi connectivity index (χ4n) is 6.41. The predicted molar refractivity (Wildman–Crippen MR) is 170 cm³/mol. The third kappa shape index (κ3) is 4.39. The van der Waals surface area contributed by atoms with Crippen molar-refractivity contribution < 1.29 is 0 Å². The lowest BCUT2D eigenvalue weighted by molar-refractivity contribution is 0.204. The van der Waals surface area contributed by atoms with Crippen LogP contribution in [0, 0.1) is 0 Å². The molecular weight excluding hydrogens is 518 g/mol. The first-order chi connectivity index (χ1) is 20.7. The first-order valence-corrected chi connectivity index (χ1v) is 14.6. The minimum Gasteiger partial charge on any atom is -0.345 e. The van der Waals surface area contributed by atoms with Crippen LogP contribution in [-0.2, 0) is 6.54 Å². The molecule has 0 saturated carbocycles. The Bertz CT molecular complexity index is 1920. The number of anilines is 2. The third-order valence-corrected chi connectivity index (χ3v) is 8.54. The molecule has 2 aromatic heterocycles. The van der Waals surface area contributed by atoms with Crippen molar-refractivity contribution >= 4 is 33.4 Å². The summed E-state index contributed by atoms with van der Waals surface area (Å²) in [4.78, 5) is 22.8. The maximum Gasteiger partial charge on any atom is 0.103 e. The third-order valence-electron chi connectivity index (χ3n) is 8.54. The van der Waals surface area contributed by atoms with Gasteiger partial charge in [-0.3, -0.25) is 4.90 Å². The van der Waals surface area contributed by atoms with Gasteiger partial charge in [-0.15, -0.1) is 0 Å². The van der Waals surface area contributed by atoms with E-state index in [1.807, 2.05) is 30.3 Å². The quantitative estimate of drug-likeness (QED) is 0.237. The number of benzene rings is 4. The van der Waals surface area contributed by atoms with Crippen LogP contribution in [0.15, 0.2) is 110 Å². The molecule has 0 radical (unpaired) electrons. The average Bonchev–Trinajstić information content (AvgIpc) is 3.63. The van der Waals surface area contributed by atoms with Crippen LogP contribution in [0.25, 0.3) is 44.6 Å². The van der Waals surface area contributed by atoms with Crippen molar-refractivity contribution in [2.75, 3.05) is 23.3 Å². The van der Waals surface area contributed by atoms with E-state index >= 15 is 0 Å². The summed E-state index contributed by atoms with van der Waals surface area (Å²) in [5.74, 6) is 0.991. The lowest BCUT2D eigenvalue weighted by Crippen LogP contribution is -2.43. The number of nitrogens with one attached hydrogen (secondary N) is 2. The fraction of sp³-hybridized carbons (Fsp3) is 0.171.